The number of nitrogens with one attached hydrogen (secondary N) is 1. The summed E-state index contributed by atoms with van der Waals surface area (Å²) in [5, 5.41) is 11.7. The van der Waals surface area contributed by atoms with E-state index in [4.69, 9.17) is 9.84 Å². The van der Waals surface area contributed by atoms with Crippen LogP contribution in [0.15, 0.2) is 0 Å². The van der Waals surface area contributed by atoms with E-state index in [1.54, 1.807) is 20.8 Å². The number of aliphatic carboxylic acids is 1. The van der Waals surface area contributed by atoms with Crippen molar-refractivity contribution in [3.63, 3.8) is 0 Å². The molecule has 0 saturated heterocycles. The SMILES string of the molecule is CC(C)(C)OC(=O)CC[C@@H](NC(=O)C1CCCC1)C(=O)O. The smallest absolute Gasteiger partial charge is 0.326 e. The van der Waals surface area contributed by atoms with E-state index in [0.29, 0.717) is 0 Å². The Morgan fingerprint density at radius 3 is 2.29 bits per heavy atom. The molecule has 6 heteroatoms. The molecule has 1 aliphatic carbocycles. The summed E-state index contributed by atoms with van der Waals surface area (Å²) in [5.74, 6) is -1.88. The predicted molar refractivity (Wildman–Crippen MR) is 76.6 cm³/mol. The van der Waals surface area contributed by atoms with Crippen LogP contribution >= 0.6 is 0 Å². The summed E-state index contributed by atoms with van der Waals surface area (Å²) in [5.41, 5.74) is -0.594. The predicted octanol–water partition coefficient (Wildman–Crippen LogP) is 1.87. The van der Waals surface area contributed by atoms with Gasteiger partial charge in [-0.05, 0) is 40.0 Å². The molecule has 2 N–H and O–H groups in total. The topological polar surface area (TPSA) is 92.7 Å². The molecule has 0 heterocycles. The van der Waals surface area contributed by atoms with Gasteiger partial charge in [-0.3, -0.25) is 9.59 Å². The molecule has 0 aromatic heterocycles. The summed E-state index contributed by atoms with van der Waals surface area (Å²) < 4.78 is 5.13. The molecule has 0 aromatic carbocycles. The number of rotatable bonds is 6. The molecule has 1 amide bonds. The number of carboxylic acid groups (broad SMARTS) is 1. The van der Waals surface area contributed by atoms with Crippen LogP contribution in [0.1, 0.15) is 59.3 Å². The number of ether oxygens (including phenoxy) is 1. The summed E-state index contributed by atoms with van der Waals surface area (Å²) in [6, 6.07) is -1.04. The van der Waals surface area contributed by atoms with E-state index in [0.717, 1.165) is 25.7 Å². The molecule has 1 fully saturated rings. The van der Waals surface area contributed by atoms with Gasteiger partial charge in [0.05, 0.1) is 0 Å². The maximum Gasteiger partial charge on any atom is 0.326 e. The Morgan fingerprint density at radius 2 is 1.81 bits per heavy atom. The molecule has 1 aliphatic rings. The normalized spacial score (nSPS) is 17.3. The van der Waals surface area contributed by atoms with Gasteiger partial charge in [-0.1, -0.05) is 12.8 Å². The van der Waals surface area contributed by atoms with Gasteiger partial charge in [0.25, 0.3) is 0 Å². The largest absolute Gasteiger partial charge is 0.480 e. The molecule has 6 nitrogen and oxygen atoms in total. The van der Waals surface area contributed by atoms with Crippen molar-refractivity contribution in [3.05, 3.63) is 0 Å². The molecule has 0 radical (unpaired) electrons. The highest BCUT2D eigenvalue weighted by Gasteiger charge is 2.28. The van der Waals surface area contributed by atoms with Gasteiger partial charge in [-0.25, -0.2) is 4.79 Å². The van der Waals surface area contributed by atoms with Crippen LogP contribution in [0.5, 0.6) is 0 Å². The third-order valence-corrected chi connectivity index (χ3v) is 3.40. The number of hydrogen-bond donors (Lipinski definition) is 2. The summed E-state index contributed by atoms with van der Waals surface area (Å²) >= 11 is 0. The monoisotopic (exact) mass is 299 g/mol. The second-order valence-corrected chi connectivity index (χ2v) is 6.51. The van der Waals surface area contributed by atoms with Gasteiger partial charge in [-0.2, -0.15) is 0 Å². The lowest BCUT2D eigenvalue weighted by atomic mass is 10.1. The molecular weight excluding hydrogens is 274 g/mol. The van der Waals surface area contributed by atoms with Gasteiger partial charge in [0.15, 0.2) is 0 Å². The number of amides is 1. The third-order valence-electron chi connectivity index (χ3n) is 3.40. The summed E-state index contributed by atoms with van der Waals surface area (Å²) in [6.07, 6.45) is 3.65. The van der Waals surface area contributed by atoms with Crippen molar-refractivity contribution >= 4 is 17.8 Å². The van der Waals surface area contributed by atoms with Crippen molar-refractivity contribution in [3.8, 4) is 0 Å². The summed E-state index contributed by atoms with van der Waals surface area (Å²) in [6.45, 7) is 5.25. The van der Waals surface area contributed by atoms with Crippen molar-refractivity contribution in [2.24, 2.45) is 5.92 Å². The second kappa shape index (κ2) is 7.43. The molecule has 0 spiro atoms. The minimum absolute atomic E-state index is 0.0286. The lowest BCUT2D eigenvalue weighted by Crippen LogP contribution is -2.43. The van der Waals surface area contributed by atoms with Crippen LogP contribution in [0.4, 0.5) is 0 Å². The van der Waals surface area contributed by atoms with Gasteiger partial charge in [0, 0.05) is 12.3 Å². The van der Waals surface area contributed by atoms with Gasteiger partial charge in [0.2, 0.25) is 5.91 Å². The molecule has 1 saturated carbocycles. The molecular formula is C15H25NO5. The summed E-state index contributed by atoms with van der Waals surface area (Å²) in [7, 11) is 0. The van der Waals surface area contributed by atoms with Gasteiger partial charge < -0.3 is 15.2 Å². The van der Waals surface area contributed by atoms with Crippen molar-refractivity contribution in [2.75, 3.05) is 0 Å². The number of esters is 1. The van der Waals surface area contributed by atoms with Crippen LogP contribution in [-0.2, 0) is 19.1 Å². The Hall–Kier alpha value is -1.59. The highest BCUT2D eigenvalue weighted by molar-refractivity contribution is 5.85. The number of carbonyl (C=O) groups is 3. The average molecular weight is 299 g/mol. The molecule has 0 unspecified atom stereocenters. The van der Waals surface area contributed by atoms with E-state index in [9.17, 15) is 14.4 Å². The standard InChI is InChI=1S/C15H25NO5/c1-15(2,3)21-12(17)9-8-11(14(19)20)16-13(18)10-6-4-5-7-10/h10-11H,4-9H2,1-3H3,(H,16,18)(H,19,20)/t11-/m1/s1. The lowest BCUT2D eigenvalue weighted by molar-refractivity contribution is -0.155. The maximum absolute atomic E-state index is 11.9. The highest BCUT2D eigenvalue weighted by Crippen LogP contribution is 2.24. The minimum Gasteiger partial charge on any atom is -0.480 e. The van der Waals surface area contributed by atoms with Crippen molar-refractivity contribution < 1.29 is 24.2 Å². The van der Waals surface area contributed by atoms with Crippen molar-refractivity contribution in [1.82, 2.24) is 5.32 Å². The van der Waals surface area contributed by atoms with Crippen molar-refractivity contribution in [2.45, 2.75) is 70.9 Å². The second-order valence-electron chi connectivity index (χ2n) is 6.51. The number of carbonyl (C=O) groups excluding carboxylic acids is 2. The molecule has 120 valence electrons. The quantitative estimate of drug-likeness (QED) is 0.730. The molecule has 0 aliphatic heterocycles. The molecule has 1 rings (SSSR count). The Morgan fingerprint density at radius 1 is 1.24 bits per heavy atom. The Bertz CT molecular complexity index is 393. The fourth-order valence-corrected chi connectivity index (χ4v) is 2.39. The molecule has 0 aromatic rings. The maximum atomic E-state index is 11.9. The van der Waals surface area contributed by atoms with Crippen LogP contribution in [0.3, 0.4) is 0 Å². The first-order valence-corrected chi connectivity index (χ1v) is 7.44. The minimum atomic E-state index is -1.12. The first-order chi connectivity index (χ1) is 9.69. The first-order valence-electron chi connectivity index (χ1n) is 7.44. The average Bonchev–Trinajstić information content (AvgIpc) is 2.85. The van der Waals surface area contributed by atoms with Crippen LogP contribution in [-0.4, -0.2) is 34.6 Å². The Labute approximate surface area is 125 Å². The molecule has 0 bridgehead atoms. The van der Waals surface area contributed by atoms with E-state index in [2.05, 4.69) is 5.32 Å². The lowest BCUT2D eigenvalue weighted by Gasteiger charge is -2.21. The van der Waals surface area contributed by atoms with Crippen LogP contribution in [0.25, 0.3) is 0 Å². The zero-order valence-electron chi connectivity index (χ0n) is 13.0. The van der Waals surface area contributed by atoms with Crippen LogP contribution in [0, 0.1) is 5.92 Å². The Balaban J connectivity index is 2.44. The fraction of sp³-hybridized carbons (Fsp3) is 0.800. The highest BCUT2D eigenvalue weighted by atomic mass is 16.6. The van der Waals surface area contributed by atoms with Gasteiger partial charge in [-0.15, -0.1) is 0 Å². The van der Waals surface area contributed by atoms with Gasteiger partial charge >= 0.3 is 11.9 Å². The van der Waals surface area contributed by atoms with E-state index < -0.39 is 23.6 Å². The zero-order chi connectivity index (χ0) is 16.0. The summed E-state index contributed by atoms with van der Waals surface area (Å²) in [4.78, 5) is 34.7. The van der Waals surface area contributed by atoms with E-state index >= 15 is 0 Å². The van der Waals surface area contributed by atoms with Crippen LogP contribution in [0.2, 0.25) is 0 Å². The fourth-order valence-electron chi connectivity index (χ4n) is 2.39. The van der Waals surface area contributed by atoms with E-state index in [1.165, 1.54) is 0 Å². The number of hydrogen-bond acceptors (Lipinski definition) is 4. The van der Waals surface area contributed by atoms with E-state index in [1.807, 2.05) is 0 Å². The van der Waals surface area contributed by atoms with Gasteiger partial charge in [0.1, 0.15) is 11.6 Å². The molecule has 21 heavy (non-hydrogen) atoms. The third kappa shape index (κ3) is 6.60. The van der Waals surface area contributed by atoms with Crippen LogP contribution < -0.4 is 5.32 Å². The van der Waals surface area contributed by atoms with Crippen molar-refractivity contribution in [1.29, 1.82) is 0 Å². The van der Waals surface area contributed by atoms with E-state index in [-0.39, 0.29) is 24.7 Å². The Kier molecular flexibility index (Phi) is 6.18. The zero-order valence-corrected chi connectivity index (χ0v) is 13.0. The number of carboxylic acids is 1. The molecule has 1 atom stereocenters. The first kappa shape index (κ1) is 17.5.